The number of rotatable bonds is 6. The molecule has 148 valence electrons. The van der Waals surface area contributed by atoms with Crippen molar-refractivity contribution in [2.75, 3.05) is 33.4 Å². The van der Waals surface area contributed by atoms with E-state index in [9.17, 15) is 4.79 Å². The number of amides is 1. The maximum Gasteiger partial charge on any atom is 0.271 e. The van der Waals surface area contributed by atoms with E-state index < -0.39 is 0 Å². The van der Waals surface area contributed by atoms with Crippen LogP contribution in [-0.2, 0) is 11.3 Å². The second-order valence-corrected chi connectivity index (χ2v) is 7.07. The van der Waals surface area contributed by atoms with Crippen molar-refractivity contribution < 1.29 is 19.2 Å². The van der Waals surface area contributed by atoms with E-state index >= 15 is 0 Å². The molecule has 0 aliphatic carbocycles. The van der Waals surface area contributed by atoms with Crippen molar-refractivity contribution in [1.29, 1.82) is 0 Å². The van der Waals surface area contributed by atoms with Crippen LogP contribution in [-0.4, -0.2) is 45.0 Å². The van der Waals surface area contributed by atoms with Gasteiger partial charge in [-0.1, -0.05) is 17.7 Å². The Bertz CT molecular complexity index is 841. The first-order chi connectivity index (χ1) is 13.6. The van der Waals surface area contributed by atoms with Gasteiger partial charge in [-0.05, 0) is 49.7 Å². The minimum absolute atomic E-state index is 0.217. The van der Waals surface area contributed by atoms with Crippen LogP contribution in [0.25, 0.3) is 0 Å². The number of methoxy groups -OCH3 is 1. The van der Waals surface area contributed by atoms with Gasteiger partial charge in [-0.25, -0.2) is 5.43 Å². The Morgan fingerprint density at radius 1 is 1.14 bits per heavy atom. The zero-order valence-corrected chi connectivity index (χ0v) is 16.7. The largest absolute Gasteiger partial charge is 0.496 e. The van der Waals surface area contributed by atoms with E-state index in [0.29, 0.717) is 5.56 Å². The first-order valence-corrected chi connectivity index (χ1v) is 9.56. The van der Waals surface area contributed by atoms with E-state index in [0.717, 1.165) is 61.0 Å². The normalized spacial score (nSPS) is 15.3. The van der Waals surface area contributed by atoms with Gasteiger partial charge in [0.25, 0.3) is 5.91 Å². The predicted molar refractivity (Wildman–Crippen MR) is 109 cm³/mol. The van der Waals surface area contributed by atoms with Gasteiger partial charge in [0.15, 0.2) is 0 Å². The van der Waals surface area contributed by atoms with Crippen LogP contribution in [0.2, 0.25) is 0 Å². The fourth-order valence-corrected chi connectivity index (χ4v) is 3.22. The highest BCUT2D eigenvalue weighted by Gasteiger charge is 2.17. The average Bonchev–Trinajstić information content (AvgIpc) is 2.73. The summed E-state index contributed by atoms with van der Waals surface area (Å²) in [6, 6.07) is 13.4. The number of hydrogen-bond acceptors (Lipinski definition) is 4. The summed E-state index contributed by atoms with van der Waals surface area (Å²) in [4.78, 5) is 13.7. The Morgan fingerprint density at radius 2 is 1.82 bits per heavy atom. The summed E-state index contributed by atoms with van der Waals surface area (Å²) in [6.45, 7) is 8.34. The topological polar surface area (TPSA) is 64.4 Å². The van der Waals surface area contributed by atoms with Crippen LogP contribution in [0.5, 0.6) is 5.75 Å². The molecule has 6 heteroatoms. The molecule has 0 atom stereocenters. The van der Waals surface area contributed by atoms with Crippen LogP contribution in [0.15, 0.2) is 47.6 Å². The molecule has 0 aromatic heterocycles. The lowest BCUT2D eigenvalue weighted by Crippen LogP contribution is -3.12. The molecule has 1 aliphatic heterocycles. The van der Waals surface area contributed by atoms with Crippen molar-refractivity contribution in [2.45, 2.75) is 20.4 Å². The monoisotopic (exact) mass is 382 g/mol. The number of nitrogens with one attached hydrogen (secondary N) is 2. The Labute approximate surface area is 166 Å². The first kappa shape index (κ1) is 20.0. The maximum atomic E-state index is 12.3. The zero-order chi connectivity index (χ0) is 19.9. The SMILES string of the molecule is COc1ccc(/C(C)=N\NC(=O)c2ccc(C)cc2)cc1C[NH+]1CCOCC1. The van der Waals surface area contributed by atoms with Crippen molar-refractivity contribution in [2.24, 2.45) is 5.10 Å². The van der Waals surface area contributed by atoms with Gasteiger partial charge in [-0.15, -0.1) is 0 Å². The lowest BCUT2D eigenvalue weighted by atomic mass is 10.1. The standard InChI is InChI=1S/C22H27N3O3/c1-16-4-6-18(7-5-16)22(26)24-23-17(2)19-8-9-21(27-3)20(14-19)15-25-10-12-28-13-11-25/h4-9,14H,10-13,15H2,1-3H3,(H,24,26)/p+1/b23-17-. The van der Waals surface area contributed by atoms with E-state index in [-0.39, 0.29) is 5.91 Å². The molecule has 0 saturated carbocycles. The number of carbonyl (C=O) groups is 1. The molecule has 0 unspecified atom stereocenters. The molecule has 1 fully saturated rings. The average molecular weight is 382 g/mol. The third kappa shape index (κ3) is 5.18. The third-order valence-electron chi connectivity index (χ3n) is 4.98. The van der Waals surface area contributed by atoms with E-state index in [1.165, 1.54) is 4.90 Å². The Balaban J connectivity index is 1.72. The van der Waals surface area contributed by atoms with Crippen LogP contribution in [0.4, 0.5) is 0 Å². The summed E-state index contributed by atoms with van der Waals surface area (Å²) >= 11 is 0. The van der Waals surface area contributed by atoms with Crippen LogP contribution in [0, 0.1) is 6.92 Å². The van der Waals surface area contributed by atoms with E-state index in [1.54, 1.807) is 19.2 Å². The van der Waals surface area contributed by atoms with Gasteiger partial charge in [0, 0.05) is 11.1 Å². The number of nitrogens with zero attached hydrogens (tertiary/aromatic N) is 1. The summed E-state index contributed by atoms with van der Waals surface area (Å²) in [7, 11) is 1.69. The van der Waals surface area contributed by atoms with Crippen LogP contribution < -0.4 is 15.1 Å². The smallest absolute Gasteiger partial charge is 0.271 e. The number of carbonyl (C=O) groups excluding carboxylic acids is 1. The molecular weight excluding hydrogens is 354 g/mol. The van der Waals surface area contributed by atoms with Crippen LogP contribution in [0.3, 0.4) is 0 Å². The molecule has 0 radical (unpaired) electrons. The number of quaternary nitrogens is 1. The van der Waals surface area contributed by atoms with Gasteiger partial charge in [-0.3, -0.25) is 4.79 Å². The zero-order valence-electron chi connectivity index (χ0n) is 16.7. The molecule has 1 amide bonds. The minimum Gasteiger partial charge on any atom is -0.496 e. The van der Waals surface area contributed by atoms with E-state index in [2.05, 4.69) is 16.6 Å². The van der Waals surface area contributed by atoms with Crippen LogP contribution in [0.1, 0.15) is 34.0 Å². The van der Waals surface area contributed by atoms with E-state index in [4.69, 9.17) is 9.47 Å². The van der Waals surface area contributed by atoms with Gasteiger partial charge in [0.05, 0.1) is 26.0 Å². The first-order valence-electron chi connectivity index (χ1n) is 9.56. The number of morpholine rings is 1. The number of hydrogen-bond donors (Lipinski definition) is 2. The predicted octanol–water partition coefficient (Wildman–Crippen LogP) is 1.57. The maximum absolute atomic E-state index is 12.3. The van der Waals surface area contributed by atoms with Crippen molar-refractivity contribution in [1.82, 2.24) is 5.43 Å². The molecule has 0 bridgehead atoms. The molecule has 28 heavy (non-hydrogen) atoms. The highest BCUT2D eigenvalue weighted by atomic mass is 16.5. The van der Waals surface area contributed by atoms with Gasteiger partial charge >= 0.3 is 0 Å². The Kier molecular flexibility index (Phi) is 6.79. The second kappa shape index (κ2) is 9.48. The Morgan fingerprint density at radius 3 is 2.50 bits per heavy atom. The lowest BCUT2D eigenvalue weighted by Gasteiger charge is -2.24. The van der Waals surface area contributed by atoms with Crippen molar-refractivity contribution in [3.05, 3.63) is 64.7 Å². The second-order valence-electron chi connectivity index (χ2n) is 7.07. The summed E-state index contributed by atoms with van der Waals surface area (Å²) in [5.41, 5.74) is 7.20. The van der Waals surface area contributed by atoms with Crippen molar-refractivity contribution in [3.63, 3.8) is 0 Å². The molecular formula is C22H28N3O3+. The number of aryl methyl sites for hydroxylation is 1. The molecule has 1 heterocycles. The molecule has 2 aromatic rings. The minimum atomic E-state index is -0.217. The summed E-state index contributed by atoms with van der Waals surface area (Å²) < 4.78 is 11.0. The van der Waals surface area contributed by atoms with Gasteiger partial charge in [-0.2, -0.15) is 5.10 Å². The van der Waals surface area contributed by atoms with Crippen molar-refractivity contribution >= 4 is 11.6 Å². The highest BCUT2D eigenvalue weighted by Crippen LogP contribution is 2.19. The van der Waals surface area contributed by atoms with Gasteiger partial charge < -0.3 is 14.4 Å². The van der Waals surface area contributed by atoms with Crippen molar-refractivity contribution in [3.8, 4) is 5.75 Å². The van der Waals surface area contributed by atoms with E-state index in [1.807, 2.05) is 38.1 Å². The summed E-state index contributed by atoms with van der Waals surface area (Å²) in [5, 5.41) is 4.29. The quantitative estimate of drug-likeness (QED) is 0.589. The summed E-state index contributed by atoms with van der Waals surface area (Å²) in [5.74, 6) is 0.657. The van der Waals surface area contributed by atoms with Gasteiger partial charge in [0.2, 0.25) is 0 Å². The van der Waals surface area contributed by atoms with Gasteiger partial charge in [0.1, 0.15) is 25.4 Å². The molecule has 1 aliphatic rings. The highest BCUT2D eigenvalue weighted by molar-refractivity contribution is 6.01. The summed E-state index contributed by atoms with van der Waals surface area (Å²) in [6.07, 6.45) is 0. The fourth-order valence-electron chi connectivity index (χ4n) is 3.22. The number of hydrazone groups is 1. The molecule has 0 spiro atoms. The molecule has 6 nitrogen and oxygen atoms in total. The third-order valence-corrected chi connectivity index (χ3v) is 4.98. The number of benzene rings is 2. The van der Waals surface area contributed by atoms with Crippen LogP contribution >= 0.6 is 0 Å². The lowest BCUT2D eigenvalue weighted by molar-refractivity contribution is -0.921. The molecule has 2 aromatic carbocycles. The number of ether oxygens (including phenoxy) is 2. The Hall–Kier alpha value is -2.70. The molecule has 1 saturated heterocycles. The fraction of sp³-hybridized carbons (Fsp3) is 0.364. The molecule has 3 rings (SSSR count). The molecule has 2 N–H and O–H groups in total.